The average molecular weight is 276 g/mol. The summed E-state index contributed by atoms with van der Waals surface area (Å²) in [6.45, 7) is 9.28. The van der Waals surface area contributed by atoms with Crippen LogP contribution in [0.4, 0.5) is 0 Å². The van der Waals surface area contributed by atoms with Gasteiger partial charge >= 0.3 is 0 Å². The Morgan fingerprint density at radius 2 is 1.84 bits per heavy atom. The van der Waals surface area contributed by atoms with Gasteiger partial charge in [0.15, 0.2) is 0 Å². The first-order valence-corrected chi connectivity index (χ1v) is 8.40. The summed E-state index contributed by atoms with van der Waals surface area (Å²) in [6, 6.07) is 10.7. The molecule has 19 heavy (non-hydrogen) atoms. The van der Waals surface area contributed by atoms with Gasteiger partial charge in [0.2, 0.25) is 0 Å². The Labute approximate surface area is 123 Å². The lowest BCUT2D eigenvalue weighted by atomic mass is 9.93. The van der Waals surface area contributed by atoms with Crippen molar-refractivity contribution in [3.8, 4) is 0 Å². The molecule has 1 atom stereocenters. The topological polar surface area (TPSA) is 0 Å². The minimum Gasteiger partial charge on any atom is -0.156 e. The van der Waals surface area contributed by atoms with E-state index >= 15 is 0 Å². The zero-order valence-electron chi connectivity index (χ0n) is 12.9. The summed E-state index contributed by atoms with van der Waals surface area (Å²) in [5.74, 6) is 1.91. The van der Waals surface area contributed by atoms with Crippen LogP contribution in [0.3, 0.4) is 0 Å². The molecule has 0 aromatic heterocycles. The number of benzene rings is 1. The van der Waals surface area contributed by atoms with E-state index in [1.54, 1.807) is 0 Å². The van der Waals surface area contributed by atoms with E-state index in [1.165, 1.54) is 24.2 Å². The van der Waals surface area contributed by atoms with Crippen LogP contribution in [-0.4, -0.2) is 10.5 Å². The summed E-state index contributed by atoms with van der Waals surface area (Å²) < 4.78 is 0.395. The van der Waals surface area contributed by atoms with Crippen LogP contribution in [0.15, 0.2) is 42.5 Å². The van der Waals surface area contributed by atoms with Crippen LogP contribution in [0.1, 0.15) is 46.1 Å². The molecule has 1 unspecified atom stereocenters. The van der Waals surface area contributed by atoms with Gasteiger partial charge in [-0.3, -0.25) is 0 Å². The first kappa shape index (κ1) is 16.4. The van der Waals surface area contributed by atoms with Gasteiger partial charge in [-0.25, -0.2) is 0 Å². The van der Waals surface area contributed by atoms with E-state index in [4.69, 9.17) is 0 Å². The number of allylic oxidation sites excluding steroid dienone is 2. The molecule has 0 bridgehead atoms. The van der Waals surface area contributed by atoms with E-state index in [9.17, 15) is 0 Å². The van der Waals surface area contributed by atoms with Gasteiger partial charge in [-0.05, 0) is 36.5 Å². The van der Waals surface area contributed by atoms with E-state index in [0.29, 0.717) is 10.7 Å². The van der Waals surface area contributed by atoms with Gasteiger partial charge in [-0.15, -0.1) is 0 Å². The van der Waals surface area contributed by atoms with E-state index < -0.39 is 0 Å². The van der Waals surface area contributed by atoms with E-state index in [1.807, 2.05) is 0 Å². The van der Waals surface area contributed by atoms with Gasteiger partial charge in [0.05, 0.1) is 0 Å². The van der Waals surface area contributed by atoms with Crippen molar-refractivity contribution in [3.05, 3.63) is 48.0 Å². The van der Waals surface area contributed by atoms with Crippen molar-refractivity contribution in [2.75, 3.05) is 5.75 Å². The third-order valence-corrected chi connectivity index (χ3v) is 4.65. The van der Waals surface area contributed by atoms with Crippen molar-refractivity contribution in [2.24, 2.45) is 5.92 Å². The van der Waals surface area contributed by atoms with Crippen LogP contribution in [0, 0.1) is 5.92 Å². The third kappa shape index (κ3) is 6.87. The van der Waals surface area contributed by atoms with Crippen molar-refractivity contribution in [1.82, 2.24) is 0 Å². The molecule has 106 valence electrons. The highest BCUT2D eigenvalue weighted by molar-refractivity contribution is 8.00. The summed E-state index contributed by atoms with van der Waals surface area (Å²) in [4.78, 5) is 0. The van der Waals surface area contributed by atoms with Gasteiger partial charge < -0.3 is 0 Å². The standard InChI is InChI=1S/C18H28S/c1-5-16(15-18(3,4)19-6-2)13-10-14-17-11-8-7-9-12-17/h7-13,16H,5-6,14-15H2,1-4H3. The quantitative estimate of drug-likeness (QED) is 0.546. The van der Waals surface area contributed by atoms with Crippen LogP contribution in [0.25, 0.3) is 0 Å². The lowest BCUT2D eigenvalue weighted by molar-refractivity contribution is 0.496. The summed E-state index contributed by atoms with van der Waals surface area (Å²) in [5, 5.41) is 0. The molecule has 1 aromatic carbocycles. The molecule has 0 radical (unpaired) electrons. The second-order valence-electron chi connectivity index (χ2n) is 5.68. The zero-order chi connectivity index (χ0) is 14.1. The molecule has 0 aliphatic heterocycles. The van der Waals surface area contributed by atoms with E-state index in [-0.39, 0.29) is 0 Å². The van der Waals surface area contributed by atoms with Crippen LogP contribution in [0.2, 0.25) is 0 Å². The Hall–Kier alpha value is -0.690. The Bertz CT molecular complexity index is 365. The van der Waals surface area contributed by atoms with Gasteiger partial charge in [0, 0.05) is 4.75 Å². The fourth-order valence-electron chi connectivity index (χ4n) is 2.44. The molecule has 0 amide bonds. The molecule has 0 fully saturated rings. The van der Waals surface area contributed by atoms with Gasteiger partial charge in [0.1, 0.15) is 0 Å². The molecule has 0 saturated carbocycles. The third-order valence-electron chi connectivity index (χ3n) is 3.42. The molecule has 0 N–H and O–H groups in total. The van der Waals surface area contributed by atoms with Crippen LogP contribution in [0.5, 0.6) is 0 Å². The van der Waals surface area contributed by atoms with Crippen LogP contribution < -0.4 is 0 Å². The Kier molecular flexibility index (Phi) is 7.30. The average Bonchev–Trinajstić information content (AvgIpc) is 2.38. The van der Waals surface area contributed by atoms with Crippen molar-refractivity contribution in [1.29, 1.82) is 0 Å². The molecule has 0 nitrogen and oxygen atoms in total. The van der Waals surface area contributed by atoms with E-state index in [0.717, 1.165) is 6.42 Å². The molecular formula is C18H28S. The molecule has 0 aliphatic carbocycles. The monoisotopic (exact) mass is 276 g/mol. The minimum atomic E-state index is 0.395. The number of rotatable bonds is 8. The highest BCUT2D eigenvalue weighted by atomic mass is 32.2. The second-order valence-corrected chi connectivity index (χ2v) is 7.65. The highest BCUT2D eigenvalue weighted by Gasteiger charge is 2.20. The SMILES string of the molecule is CCSC(C)(C)CC(C=CCc1ccccc1)CC. The fraction of sp³-hybridized carbons (Fsp3) is 0.556. The molecule has 0 spiro atoms. The number of thioether (sulfide) groups is 1. The van der Waals surface area contributed by atoms with Crippen molar-refractivity contribution in [3.63, 3.8) is 0 Å². The summed E-state index contributed by atoms with van der Waals surface area (Å²) in [5.41, 5.74) is 1.40. The van der Waals surface area contributed by atoms with Crippen molar-refractivity contribution in [2.45, 2.75) is 51.7 Å². The van der Waals surface area contributed by atoms with Crippen LogP contribution in [-0.2, 0) is 6.42 Å². The predicted molar refractivity (Wildman–Crippen MR) is 89.9 cm³/mol. The maximum Gasteiger partial charge on any atom is 0.0109 e. The number of hydrogen-bond donors (Lipinski definition) is 0. The Morgan fingerprint density at radius 3 is 2.42 bits per heavy atom. The van der Waals surface area contributed by atoms with Crippen molar-refractivity contribution < 1.29 is 0 Å². The highest BCUT2D eigenvalue weighted by Crippen LogP contribution is 2.32. The minimum absolute atomic E-state index is 0.395. The number of hydrogen-bond acceptors (Lipinski definition) is 1. The molecule has 0 heterocycles. The van der Waals surface area contributed by atoms with Gasteiger partial charge in [-0.1, -0.05) is 70.2 Å². The Morgan fingerprint density at radius 1 is 1.16 bits per heavy atom. The van der Waals surface area contributed by atoms with Gasteiger partial charge in [-0.2, -0.15) is 11.8 Å². The molecule has 1 aromatic rings. The van der Waals surface area contributed by atoms with Crippen molar-refractivity contribution >= 4 is 11.8 Å². The molecule has 0 saturated heterocycles. The smallest absolute Gasteiger partial charge is 0.0109 e. The molecular weight excluding hydrogens is 248 g/mol. The Balaban J connectivity index is 2.48. The first-order chi connectivity index (χ1) is 9.07. The molecule has 0 aliphatic rings. The van der Waals surface area contributed by atoms with E-state index in [2.05, 4.69) is 81.9 Å². The molecule has 1 heteroatoms. The maximum absolute atomic E-state index is 2.42. The predicted octanol–water partition coefficient (Wildman–Crippen LogP) is 5.73. The fourth-order valence-corrected chi connectivity index (χ4v) is 3.55. The summed E-state index contributed by atoms with van der Waals surface area (Å²) in [7, 11) is 0. The normalized spacial score (nSPS) is 13.9. The second kappa shape index (κ2) is 8.47. The van der Waals surface area contributed by atoms with Gasteiger partial charge in [0.25, 0.3) is 0 Å². The lowest BCUT2D eigenvalue weighted by Gasteiger charge is -2.27. The summed E-state index contributed by atoms with van der Waals surface area (Å²) >= 11 is 2.07. The largest absolute Gasteiger partial charge is 0.156 e. The van der Waals surface area contributed by atoms with Crippen LogP contribution >= 0.6 is 11.8 Å². The zero-order valence-corrected chi connectivity index (χ0v) is 13.7. The summed E-state index contributed by atoms with van der Waals surface area (Å²) in [6.07, 6.45) is 8.33. The first-order valence-electron chi connectivity index (χ1n) is 7.42. The maximum atomic E-state index is 2.42. The molecule has 1 rings (SSSR count). The lowest BCUT2D eigenvalue weighted by Crippen LogP contribution is -2.19.